The smallest absolute Gasteiger partial charge is 0.156 e. The number of rotatable bonds is 0. The Morgan fingerprint density at radius 3 is 2.50 bits per heavy atom. The molecule has 3 nitrogen and oxygen atoms in total. The number of aromatic nitrogens is 3. The molecule has 0 atom stereocenters. The Bertz CT molecular complexity index is 463. The summed E-state index contributed by atoms with van der Waals surface area (Å²) in [5, 5.41) is 0. The molecule has 0 aliphatic heterocycles. The van der Waals surface area contributed by atoms with Gasteiger partial charge in [0.05, 0.1) is 6.20 Å². The number of imidazole rings is 1. The average Bonchev–Trinajstić information content (AvgIpc) is 2.45. The van der Waals surface area contributed by atoms with Crippen molar-refractivity contribution in [3.63, 3.8) is 0 Å². The predicted octanol–water partition coefficient (Wildman–Crippen LogP) is 2.34. The van der Waals surface area contributed by atoms with Crippen LogP contribution in [0.2, 0.25) is 0 Å². The molecule has 0 saturated carbocycles. The lowest BCUT2D eigenvalue weighted by Crippen LogP contribution is -2.16. The summed E-state index contributed by atoms with van der Waals surface area (Å²) in [6.07, 6.45) is 5.76. The molecule has 0 aromatic carbocycles. The van der Waals surface area contributed by atoms with Gasteiger partial charge in [-0.3, -0.25) is 4.40 Å². The van der Waals surface area contributed by atoms with E-state index in [1.807, 2.05) is 19.3 Å². The topological polar surface area (TPSA) is 30.2 Å². The van der Waals surface area contributed by atoms with Crippen LogP contribution in [-0.4, -0.2) is 14.4 Å². The van der Waals surface area contributed by atoms with E-state index in [1.165, 1.54) is 0 Å². The van der Waals surface area contributed by atoms with Gasteiger partial charge in [-0.05, 0) is 12.5 Å². The van der Waals surface area contributed by atoms with Crippen molar-refractivity contribution < 1.29 is 0 Å². The summed E-state index contributed by atoms with van der Waals surface area (Å²) < 4.78 is 2.06. The summed E-state index contributed by atoms with van der Waals surface area (Å²) in [4.78, 5) is 8.72. The second-order valence-electron chi connectivity index (χ2n) is 4.69. The molecule has 0 bridgehead atoms. The molecule has 3 heteroatoms. The predicted molar refractivity (Wildman–Crippen MR) is 56.4 cm³/mol. The van der Waals surface area contributed by atoms with E-state index >= 15 is 0 Å². The number of hydrogen-bond acceptors (Lipinski definition) is 2. The van der Waals surface area contributed by atoms with Crippen molar-refractivity contribution in [3.05, 3.63) is 30.0 Å². The molecule has 0 N–H and O–H groups in total. The fourth-order valence-corrected chi connectivity index (χ4v) is 1.53. The minimum Gasteiger partial charge on any atom is -0.287 e. The molecule has 0 spiro atoms. The fraction of sp³-hybridized carbons (Fsp3) is 0.455. The van der Waals surface area contributed by atoms with E-state index in [0.717, 1.165) is 17.0 Å². The minimum absolute atomic E-state index is 0.0574. The maximum absolute atomic E-state index is 4.41. The number of nitrogens with zero attached hydrogens (tertiary/aromatic N) is 3. The van der Waals surface area contributed by atoms with E-state index in [0.29, 0.717) is 0 Å². The van der Waals surface area contributed by atoms with E-state index in [2.05, 4.69) is 41.3 Å². The summed E-state index contributed by atoms with van der Waals surface area (Å²) in [5.74, 6) is 1.06. The van der Waals surface area contributed by atoms with Crippen LogP contribution in [0.5, 0.6) is 0 Å². The molecule has 14 heavy (non-hydrogen) atoms. The maximum atomic E-state index is 4.41. The Morgan fingerprint density at radius 1 is 1.14 bits per heavy atom. The molecule has 0 radical (unpaired) electrons. The number of hydrogen-bond donors (Lipinski definition) is 0. The van der Waals surface area contributed by atoms with Crippen LogP contribution in [0.3, 0.4) is 0 Å². The van der Waals surface area contributed by atoms with E-state index in [9.17, 15) is 0 Å². The lowest BCUT2D eigenvalue weighted by molar-refractivity contribution is 0.542. The third-order valence-electron chi connectivity index (χ3n) is 2.18. The molecule has 0 unspecified atom stereocenters. The van der Waals surface area contributed by atoms with Crippen molar-refractivity contribution in [1.82, 2.24) is 14.4 Å². The van der Waals surface area contributed by atoms with E-state index in [4.69, 9.17) is 0 Å². The zero-order valence-electron chi connectivity index (χ0n) is 9.07. The zero-order chi connectivity index (χ0) is 10.3. The second kappa shape index (κ2) is 2.80. The van der Waals surface area contributed by atoms with Crippen LogP contribution in [0.25, 0.3) is 5.65 Å². The van der Waals surface area contributed by atoms with Crippen molar-refractivity contribution in [2.24, 2.45) is 0 Å². The summed E-state index contributed by atoms with van der Waals surface area (Å²) in [6.45, 7) is 8.51. The van der Waals surface area contributed by atoms with Crippen LogP contribution in [0.15, 0.2) is 18.6 Å². The molecular weight excluding hydrogens is 174 g/mol. The number of aryl methyl sites for hydroxylation is 1. The van der Waals surface area contributed by atoms with Gasteiger partial charge in [-0.25, -0.2) is 9.97 Å². The Hall–Kier alpha value is -1.38. The maximum Gasteiger partial charge on any atom is 0.156 e. The average molecular weight is 189 g/mol. The molecule has 2 aromatic rings. The Labute approximate surface area is 83.8 Å². The first-order chi connectivity index (χ1) is 6.48. The zero-order valence-corrected chi connectivity index (χ0v) is 9.07. The van der Waals surface area contributed by atoms with Gasteiger partial charge < -0.3 is 0 Å². The highest BCUT2D eigenvalue weighted by molar-refractivity contribution is 5.38. The molecule has 0 aliphatic rings. The van der Waals surface area contributed by atoms with Crippen LogP contribution < -0.4 is 0 Å². The summed E-state index contributed by atoms with van der Waals surface area (Å²) >= 11 is 0. The van der Waals surface area contributed by atoms with Gasteiger partial charge in [0, 0.05) is 17.8 Å². The molecule has 2 heterocycles. The van der Waals surface area contributed by atoms with Gasteiger partial charge in [0.1, 0.15) is 5.82 Å². The van der Waals surface area contributed by atoms with Crippen molar-refractivity contribution in [3.8, 4) is 0 Å². The molecule has 0 saturated heterocycles. The largest absolute Gasteiger partial charge is 0.287 e. The van der Waals surface area contributed by atoms with Crippen molar-refractivity contribution in [2.75, 3.05) is 0 Å². The summed E-state index contributed by atoms with van der Waals surface area (Å²) in [6, 6.07) is 0. The van der Waals surface area contributed by atoms with Gasteiger partial charge >= 0.3 is 0 Å². The number of fused-ring (bicyclic) bond motifs is 1. The Morgan fingerprint density at radius 2 is 1.86 bits per heavy atom. The lowest BCUT2D eigenvalue weighted by atomic mass is 9.96. The standard InChI is InChI=1S/C11H15N3/c1-8-5-12-9-6-13-10(11(2,3)4)14(9)7-8/h5-7H,1-4H3. The molecule has 2 rings (SSSR count). The summed E-state index contributed by atoms with van der Waals surface area (Å²) in [5.41, 5.74) is 2.13. The van der Waals surface area contributed by atoms with Gasteiger partial charge in [0.15, 0.2) is 5.65 Å². The minimum atomic E-state index is 0.0574. The van der Waals surface area contributed by atoms with Gasteiger partial charge in [-0.2, -0.15) is 0 Å². The first kappa shape index (κ1) is 9.19. The van der Waals surface area contributed by atoms with Crippen molar-refractivity contribution in [2.45, 2.75) is 33.1 Å². The monoisotopic (exact) mass is 189 g/mol. The van der Waals surface area contributed by atoms with Gasteiger partial charge in [-0.15, -0.1) is 0 Å². The third kappa shape index (κ3) is 1.39. The second-order valence-corrected chi connectivity index (χ2v) is 4.69. The van der Waals surface area contributed by atoms with Crippen LogP contribution in [0.4, 0.5) is 0 Å². The lowest BCUT2D eigenvalue weighted by Gasteiger charge is -2.16. The third-order valence-corrected chi connectivity index (χ3v) is 2.18. The molecule has 74 valence electrons. The van der Waals surface area contributed by atoms with Gasteiger partial charge in [0.25, 0.3) is 0 Å². The highest BCUT2D eigenvalue weighted by Gasteiger charge is 2.19. The van der Waals surface area contributed by atoms with Crippen molar-refractivity contribution in [1.29, 1.82) is 0 Å². The van der Waals surface area contributed by atoms with Crippen molar-refractivity contribution >= 4 is 5.65 Å². The SMILES string of the molecule is Cc1cnc2cnc(C(C)(C)C)n2c1. The van der Waals surface area contributed by atoms with Gasteiger partial charge in [0.2, 0.25) is 0 Å². The van der Waals surface area contributed by atoms with Crippen LogP contribution in [0.1, 0.15) is 32.2 Å². The van der Waals surface area contributed by atoms with Crippen LogP contribution in [0, 0.1) is 6.92 Å². The van der Waals surface area contributed by atoms with E-state index < -0.39 is 0 Å². The first-order valence-electron chi connectivity index (χ1n) is 4.79. The molecule has 0 aliphatic carbocycles. The molecule has 2 aromatic heterocycles. The van der Waals surface area contributed by atoms with E-state index in [1.54, 1.807) is 0 Å². The normalized spacial score (nSPS) is 12.3. The Kier molecular flexibility index (Phi) is 1.84. The van der Waals surface area contributed by atoms with Crippen LogP contribution >= 0.6 is 0 Å². The quantitative estimate of drug-likeness (QED) is 0.636. The van der Waals surface area contributed by atoms with E-state index in [-0.39, 0.29) is 5.41 Å². The molecular formula is C11H15N3. The van der Waals surface area contributed by atoms with Gasteiger partial charge in [-0.1, -0.05) is 20.8 Å². The van der Waals surface area contributed by atoms with Crippen LogP contribution in [-0.2, 0) is 5.41 Å². The fourth-order valence-electron chi connectivity index (χ4n) is 1.53. The highest BCUT2D eigenvalue weighted by atomic mass is 15.1. The Balaban J connectivity index is 2.73. The highest BCUT2D eigenvalue weighted by Crippen LogP contribution is 2.21. The molecule has 0 fully saturated rings. The summed E-state index contributed by atoms with van der Waals surface area (Å²) in [7, 11) is 0. The molecule has 0 amide bonds. The first-order valence-corrected chi connectivity index (χ1v) is 4.79.